The lowest BCUT2D eigenvalue weighted by atomic mass is 10.0. The van der Waals surface area contributed by atoms with Gasteiger partial charge in [-0.15, -0.1) is 0 Å². The van der Waals surface area contributed by atoms with Crippen LogP contribution >= 0.6 is 0 Å². The summed E-state index contributed by atoms with van der Waals surface area (Å²) in [5.74, 6) is -0.238. The second kappa shape index (κ2) is 2.75. The molecular weight excluding hydrogens is 157 g/mol. The van der Waals surface area contributed by atoms with Gasteiger partial charge >= 0.3 is 0 Å². The van der Waals surface area contributed by atoms with E-state index < -0.39 is 0 Å². The van der Waals surface area contributed by atoms with E-state index in [4.69, 9.17) is 0 Å². The van der Waals surface area contributed by atoms with E-state index in [0.717, 1.165) is 11.3 Å². The van der Waals surface area contributed by atoms with Crippen molar-refractivity contribution in [2.45, 2.75) is 12.5 Å². The fourth-order valence-corrected chi connectivity index (χ4v) is 1.45. The van der Waals surface area contributed by atoms with Gasteiger partial charge in [0.15, 0.2) is 0 Å². The summed E-state index contributed by atoms with van der Waals surface area (Å²) in [5.41, 5.74) is 1.79. The van der Waals surface area contributed by atoms with Crippen molar-refractivity contribution in [1.82, 2.24) is 0 Å². The summed E-state index contributed by atoms with van der Waals surface area (Å²) in [7, 11) is 0. The highest BCUT2D eigenvalue weighted by molar-refractivity contribution is 5.53. The minimum Gasteiger partial charge on any atom is -0.391 e. The van der Waals surface area contributed by atoms with E-state index in [0.29, 0.717) is 13.0 Å². The van der Waals surface area contributed by atoms with Crippen molar-refractivity contribution in [3.8, 4) is 0 Å². The van der Waals surface area contributed by atoms with Gasteiger partial charge in [-0.1, -0.05) is 6.07 Å². The molecule has 0 bridgehead atoms. The maximum Gasteiger partial charge on any atom is 0.125 e. The van der Waals surface area contributed by atoms with Gasteiger partial charge < -0.3 is 10.4 Å². The number of aliphatic hydroxyl groups excluding tert-OH is 1. The van der Waals surface area contributed by atoms with Crippen LogP contribution in [0.25, 0.3) is 0 Å². The highest BCUT2D eigenvalue weighted by atomic mass is 19.1. The van der Waals surface area contributed by atoms with Gasteiger partial charge in [0.1, 0.15) is 5.82 Å². The number of anilines is 1. The number of hydrogen-bond donors (Lipinski definition) is 2. The first kappa shape index (κ1) is 7.55. The molecule has 3 heteroatoms. The van der Waals surface area contributed by atoms with E-state index in [2.05, 4.69) is 5.32 Å². The molecule has 12 heavy (non-hydrogen) atoms. The van der Waals surface area contributed by atoms with Crippen LogP contribution in [0.15, 0.2) is 18.2 Å². The minimum atomic E-state index is -0.344. The van der Waals surface area contributed by atoms with Crippen LogP contribution in [-0.2, 0) is 6.42 Å². The SMILES string of the molecule is OC1CNc2cc(F)ccc2C1. The summed E-state index contributed by atoms with van der Waals surface area (Å²) >= 11 is 0. The molecule has 0 amide bonds. The number of rotatable bonds is 0. The fraction of sp³-hybridized carbons (Fsp3) is 0.333. The number of fused-ring (bicyclic) bond motifs is 1. The normalized spacial score (nSPS) is 21.3. The third-order valence-corrected chi connectivity index (χ3v) is 2.06. The molecule has 0 spiro atoms. The largest absolute Gasteiger partial charge is 0.391 e. The van der Waals surface area contributed by atoms with Crippen LogP contribution in [0, 0.1) is 5.82 Å². The molecule has 0 saturated heterocycles. The first-order valence-electron chi connectivity index (χ1n) is 3.96. The molecule has 1 heterocycles. The van der Waals surface area contributed by atoms with E-state index in [-0.39, 0.29) is 11.9 Å². The Kier molecular flexibility index (Phi) is 1.73. The van der Waals surface area contributed by atoms with Crippen LogP contribution in [0.5, 0.6) is 0 Å². The molecule has 0 aromatic heterocycles. The molecule has 0 aliphatic carbocycles. The second-order valence-electron chi connectivity index (χ2n) is 3.04. The Morgan fingerprint density at radius 1 is 1.50 bits per heavy atom. The lowest BCUT2D eigenvalue weighted by Crippen LogP contribution is -2.27. The Morgan fingerprint density at radius 2 is 2.33 bits per heavy atom. The molecule has 1 atom stereocenters. The van der Waals surface area contributed by atoms with E-state index in [1.165, 1.54) is 12.1 Å². The predicted octanol–water partition coefficient (Wildman–Crippen LogP) is 1.15. The summed E-state index contributed by atoms with van der Waals surface area (Å²) in [6.45, 7) is 0.510. The van der Waals surface area contributed by atoms with Crippen LogP contribution in [0.2, 0.25) is 0 Å². The molecule has 0 radical (unpaired) electrons. The molecule has 0 fully saturated rings. The molecule has 1 aromatic carbocycles. The highest BCUT2D eigenvalue weighted by Crippen LogP contribution is 2.22. The summed E-state index contributed by atoms with van der Waals surface area (Å²) in [5, 5.41) is 12.2. The molecule has 1 aromatic rings. The topological polar surface area (TPSA) is 32.3 Å². The maximum absolute atomic E-state index is 12.7. The lowest BCUT2D eigenvalue weighted by Gasteiger charge is -2.22. The Labute approximate surface area is 70.0 Å². The molecule has 1 aliphatic heterocycles. The number of β-amino-alcohol motifs (C(OH)–C–C–N with tert-alkyl or cyclic N) is 1. The van der Waals surface area contributed by atoms with Gasteiger partial charge in [-0.3, -0.25) is 0 Å². The summed E-state index contributed by atoms with van der Waals surface area (Å²) in [6.07, 6.45) is 0.269. The van der Waals surface area contributed by atoms with Crippen molar-refractivity contribution >= 4 is 5.69 Å². The van der Waals surface area contributed by atoms with Gasteiger partial charge in [0, 0.05) is 18.7 Å². The van der Waals surface area contributed by atoms with Crippen LogP contribution in [-0.4, -0.2) is 17.8 Å². The summed E-state index contributed by atoms with van der Waals surface area (Å²) in [6, 6.07) is 4.58. The molecule has 2 nitrogen and oxygen atoms in total. The number of benzene rings is 1. The Morgan fingerprint density at radius 3 is 3.17 bits per heavy atom. The smallest absolute Gasteiger partial charge is 0.125 e. The first-order chi connectivity index (χ1) is 5.75. The zero-order chi connectivity index (χ0) is 8.55. The second-order valence-corrected chi connectivity index (χ2v) is 3.04. The van der Waals surface area contributed by atoms with Crippen molar-refractivity contribution in [2.24, 2.45) is 0 Å². The van der Waals surface area contributed by atoms with Crippen molar-refractivity contribution in [3.63, 3.8) is 0 Å². The fourth-order valence-electron chi connectivity index (χ4n) is 1.45. The van der Waals surface area contributed by atoms with Crippen molar-refractivity contribution in [1.29, 1.82) is 0 Å². The molecule has 1 unspecified atom stereocenters. The zero-order valence-electron chi connectivity index (χ0n) is 6.55. The lowest BCUT2D eigenvalue weighted by molar-refractivity contribution is 0.184. The van der Waals surface area contributed by atoms with Crippen LogP contribution < -0.4 is 5.32 Å². The monoisotopic (exact) mass is 167 g/mol. The van der Waals surface area contributed by atoms with E-state index in [1.54, 1.807) is 6.07 Å². The van der Waals surface area contributed by atoms with Gasteiger partial charge in [-0.25, -0.2) is 4.39 Å². The molecule has 2 N–H and O–H groups in total. The van der Waals surface area contributed by atoms with Crippen LogP contribution in [0.1, 0.15) is 5.56 Å². The number of nitrogens with one attached hydrogen (secondary N) is 1. The van der Waals surface area contributed by atoms with E-state index >= 15 is 0 Å². The van der Waals surface area contributed by atoms with Crippen molar-refractivity contribution in [2.75, 3.05) is 11.9 Å². The predicted molar refractivity (Wildman–Crippen MR) is 44.6 cm³/mol. The van der Waals surface area contributed by atoms with Crippen molar-refractivity contribution in [3.05, 3.63) is 29.6 Å². The van der Waals surface area contributed by atoms with Gasteiger partial charge in [0.25, 0.3) is 0 Å². The molecule has 1 aliphatic rings. The van der Waals surface area contributed by atoms with Crippen molar-refractivity contribution < 1.29 is 9.50 Å². The van der Waals surface area contributed by atoms with Gasteiger partial charge in [0.2, 0.25) is 0 Å². The Balaban J connectivity index is 2.37. The average Bonchev–Trinajstić information content (AvgIpc) is 2.05. The standard InChI is InChI=1S/C9H10FNO/c10-7-2-1-6-3-8(12)5-11-9(6)4-7/h1-2,4,8,11-12H,3,5H2. The summed E-state index contributed by atoms with van der Waals surface area (Å²) in [4.78, 5) is 0. The van der Waals surface area contributed by atoms with Gasteiger partial charge in [-0.2, -0.15) is 0 Å². The minimum absolute atomic E-state index is 0.238. The number of aliphatic hydroxyl groups is 1. The Hall–Kier alpha value is -1.09. The highest BCUT2D eigenvalue weighted by Gasteiger charge is 2.15. The van der Waals surface area contributed by atoms with Gasteiger partial charge in [0.05, 0.1) is 6.10 Å². The number of halogens is 1. The third-order valence-electron chi connectivity index (χ3n) is 2.06. The van der Waals surface area contributed by atoms with Crippen LogP contribution in [0.4, 0.5) is 10.1 Å². The Bertz CT molecular complexity index is 301. The average molecular weight is 167 g/mol. The quantitative estimate of drug-likeness (QED) is 0.607. The molecular formula is C9H10FNO. The molecule has 2 rings (SSSR count). The van der Waals surface area contributed by atoms with Gasteiger partial charge in [-0.05, 0) is 17.7 Å². The number of hydrogen-bond acceptors (Lipinski definition) is 2. The van der Waals surface area contributed by atoms with E-state index in [9.17, 15) is 9.50 Å². The summed E-state index contributed by atoms with van der Waals surface area (Å²) < 4.78 is 12.7. The van der Waals surface area contributed by atoms with E-state index in [1.807, 2.05) is 0 Å². The molecule has 64 valence electrons. The van der Waals surface area contributed by atoms with Crippen LogP contribution in [0.3, 0.4) is 0 Å². The third kappa shape index (κ3) is 1.28. The first-order valence-corrected chi connectivity index (χ1v) is 3.96. The zero-order valence-corrected chi connectivity index (χ0v) is 6.55. The maximum atomic E-state index is 12.7. The molecule has 0 saturated carbocycles.